The van der Waals surface area contributed by atoms with Crippen molar-refractivity contribution in [3.8, 4) is 0 Å². The molecule has 198 valence electrons. The second-order valence-corrected chi connectivity index (χ2v) is 15.7. The van der Waals surface area contributed by atoms with E-state index in [1.165, 1.54) is 51.9 Å². The summed E-state index contributed by atoms with van der Waals surface area (Å²) in [5, 5.41) is 0. The van der Waals surface area contributed by atoms with Gasteiger partial charge in [0.25, 0.3) is 0 Å². The SMILES string of the molecule is CC(=O)O[C@@H]1C[C@@]2(C)[C@@H](CC[C@@]3(C)[C@H]2CC[C@@H]2[C@H]4[C@H](C(C)C)CC[C@@]4(C)CC[C@]23C)C(C)(C)C1=O. The Balaban J connectivity index is 1.54. The van der Waals surface area contributed by atoms with Gasteiger partial charge in [-0.1, -0.05) is 55.4 Å². The minimum Gasteiger partial charge on any atom is -0.455 e. The van der Waals surface area contributed by atoms with Gasteiger partial charge in [0.05, 0.1) is 0 Å². The summed E-state index contributed by atoms with van der Waals surface area (Å²) in [5.41, 5.74) is 0.763. The predicted molar refractivity (Wildman–Crippen MR) is 141 cm³/mol. The average molecular weight is 485 g/mol. The summed E-state index contributed by atoms with van der Waals surface area (Å²) in [6, 6.07) is 0. The summed E-state index contributed by atoms with van der Waals surface area (Å²) in [6.45, 7) is 21.1. The molecular formula is C32H52O3. The third-order valence-electron chi connectivity index (χ3n) is 13.8. The zero-order valence-electron chi connectivity index (χ0n) is 24.1. The van der Waals surface area contributed by atoms with Crippen LogP contribution in [0.25, 0.3) is 0 Å². The summed E-state index contributed by atoms with van der Waals surface area (Å²) >= 11 is 0. The number of rotatable bonds is 2. The van der Waals surface area contributed by atoms with Gasteiger partial charge in [-0.05, 0) is 115 Å². The van der Waals surface area contributed by atoms with Gasteiger partial charge in [0.2, 0.25) is 0 Å². The fraction of sp³-hybridized carbons (Fsp3) is 0.938. The van der Waals surface area contributed by atoms with Gasteiger partial charge in [0, 0.05) is 12.3 Å². The first-order valence-electron chi connectivity index (χ1n) is 14.8. The van der Waals surface area contributed by atoms with E-state index in [4.69, 9.17) is 4.74 Å². The number of esters is 1. The van der Waals surface area contributed by atoms with E-state index in [0.717, 1.165) is 36.5 Å². The van der Waals surface area contributed by atoms with Gasteiger partial charge in [-0.3, -0.25) is 9.59 Å². The summed E-state index contributed by atoms with van der Waals surface area (Å²) in [6.07, 6.45) is 10.7. The van der Waals surface area contributed by atoms with Crippen LogP contribution < -0.4 is 0 Å². The highest BCUT2D eigenvalue weighted by molar-refractivity contribution is 5.91. The summed E-state index contributed by atoms with van der Waals surface area (Å²) in [5.74, 6) is 4.12. The number of hydrogen-bond donors (Lipinski definition) is 0. The number of Topliss-reactive ketones (excluding diaryl/α,β-unsaturated/α-hetero) is 1. The van der Waals surface area contributed by atoms with Crippen molar-refractivity contribution in [2.24, 2.45) is 62.6 Å². The highest BCUT2D eigenvalue weighted by Gasteiger charge is 2.71. The first kappa shape index (κ1) is 25.8. The first-order chi connectivity index (χ1) is 16.1. The maximum atomic E-state index is 13.5. The lowest BCUT2D eigenvalue weighted by molar-refractivity contribution is -0.242. The third kappa shape index (κ3) is 3.27. The average Bonchev–Trinajstić information content (AvgIpc) is 3.10. The van der Waals surface area contributed by atoms with Crippen molar-refractivity contribution < 1.29 is 14.3 Å². The molecule has 0 saturated heterocycles. The molecule has 5 aliphatic carbocycles. The highest BCUT2D eigenvalue weighted by atomic mass is 16.5. The molecular weight excluding hydrogens is 432 g/mol. The van der Waals surface area contributed by atoms with Crippen LogP contribution in [0.15, 0.2) is 0 Å². The van der Waals surface area contributed by atoms with E-state index < -0.39 is 11.5 Å². The van der Waals surface area contributed by atoms with Crippen molar-refractivity contribution in [3.05, 3.63) is 0 Å². The zero-order valence-corrected chi connectivity index (χ0v) is 24.1. The quantitative estimate of drug-likeness (QED) is 0.375. The van der Waals surface area contributed by atoms with E-state index in [1.807, 2.05) is 0 Å². The molecule has 3 heteroatoms. The molecule has 5 saturated carbocycles. The fourth-order valence-corrected chi connectivity index (χ4v) is 12.0. The number of ether oxygens (including phenoxy) is 1. The molecule has 0 N–H and O–H groups in total. The lowest BCUT2D eigenvalue weighted by atomic mass is 9.32. The largest absolute Gasteiger partial charge is 0.455 e. The molecule has 35 heavy (non-hydrogen) atoms. The van der Waals surface area contributed by atoms with Gasteiger partial charge in [-0.15, -0.1) is 0 Å². The Hall–Kier alpha value is -0.860. The molecule has 0 unspecified atom stereocenters. The van der Waals surface area contributed by atoms with Crippen molar-refractivity contribution in [3.63, 3.8) is 0 Å². The Morgan fingerprint density at radius 2 is 1.54 bits per heavy atom. The van der Waals surface area contributed by atoms with Crippen LogP contribution in [-0.4, -0.2) is 17.9 Å². The van der Waals surface area contributed by atoms with Crippen LogP contribution in [0.2, 0.25) is 0 Å². The molecule has 0 spiro atoms. The second kappa shape index (κ2) is 7.83. The molecule has 0 aromatic heterocycles. The minimum absolute atomic E-state index is 0.0341. The van der Waals surface area contributed by atoms with Crippen molar-refractivity contribution in [2.75, 3.05) is 0 Å². The summed E-state index contributed by atoms with van der Waals surface area (Å²) in [7, 11) is 0. The van der Waals surface area contributed by atoms with Gasteiger partial charge in [-0.25, -0.2) is 0 Å². The van der Waals surface area contributed by atoms with E-state index >= 15 is 0 Å². The van der Waals surface area contributed by atoms with E-state index in [0.29, 0.717) is 22.7 Å². The van der Waals surface area contributed by atoms with Gasteiger partial charge in [-0.2, -0.15) is 0 Å². The monoisotopic (exact) mass is 484 g/mol. The molecule has 5 rings (SSSR count). The number of fused-ring (bicyclic) bond motifs is 7. The molecule has 5 fully saturated rings. The van der Waals surface area contributed by atoms with Crippen molar-refractivity contribution >= 4 is 11.8 Å². The van der Waals surface area contributed by atoms with Gasteiger partial charge in [0.15, 0.2) is 11.9 Å². The van der Waals surface area contributed by atoms with Crippen molar-refractivity contribution in [2.45, 2.75) is 126 Å². The Morgan fingerprint density at radius 1 is 0.857 bits per heavy atom. The van der Waals surface area contributed by atoms with Crippen LogP contribution in [0.4, 0.5) is 0 Å². The van der Waals surface area contributed by atoms with Crippen molar-refractivity contribution in [1.82, 2.24) is 0 Å². The number of hydrogen-bond acceptors (Lipinski definition) is 3. The van der Waals surface area contributed by atoms with Gasteiger partial charge in [0.1, 0.15) is 0 Å². The maximum Gasteiger partial charge on any atom is 0.303 e. The molecule has 0 aromatic carbocycles. The molecule has 0 radical (unpaired) electrons. The first-order valence-corrected chi connectivity index (χ1v) is 14.8. The van der Waals surface area contributed by atoms with Gasteiger partial charge < -0.3 is 4.74 Å². The van der Waals surface area contributed by atoms with Crippen LogP contribution in [0.1, 0.15) is 120 Å². The highest BCUT2D eigenvalue weighted by Crippen LogP contribution is 2.77. The van der Waals surface area contributed by atoms with Crippen LogP contribution in [0.5, 0.6) is 0 Å². The lowest BCUT2D eigenvalue weighted by Gasteiger charge is -2.72. The normalized spacial score (nSPS) is 52.8. The molecule has 0 bridgehead atoms. The van der Waals surface area contributed by atoms with Crippen LogP contribution in [-0.2, 0) is 14.3 Å². The van der Waals surface area contributed by atoms with E-state index in [9.17, 15) is 9.59 Å². The van der Waals surface area contributed by atoms with E-state index in [2.05, 4.69) is 55.4 Å². The van der Waals surface area contributed by atoms with E-state index in [-0.39, 0.29) is 22.6 Å². The predicted octanol–water partition coefficient (Wildman–Crippen LogP) is 7.85. The van der Waals surface area contributed by atoms with Crippen LogP contribution in [0, 0.1) is 62.6 Å². The van der Waals surface area contributed by atoms with Crippen LogP contribution in [0.3, 0.4) is 0 Å². The summed E-state index contributed by atoms with van der Waals surface area (Å²) < 4.78 is 5.72. The Bertz CT molecular complexity index is 904. The standard InChI is InChI=1S/C32H52O3/c1-19(2)21-12-14-29(6)16-17-31(8)22(26(21)29)10-11-25-30(7)18-23(35-20(3)33)27(34)28(4,5)24(30)13-15-32(25,31)9/h19,21-26H,10-18H2,1-9H3/t21-,22+,23+,24-,25-,26+,29-,30-,31+,32-/m0/s1. The second-order valence-electron chi connectivity index (χ2n) is 15.7. The lowest BCUT2D eigenvalue weighted by Crippen LogP contribution is -2.67. The topological polar surface area (TPSA) is 43.4 Å². The number of carbonyl (C=O) groups is 2. The van der Waals surface area contributed by atoms with Crippen molar-refractivity contribution in [1.29, 1.82) is 0 Å². The van der Waals surface area contributed by atoms with Gasteiger partial charge >= 0.3 is 5.97 Å². The number of carbonyl (C=O) groups excluding carboxylic acids is 2. The molecule has 0 aromatic rings. The molecule has 3 nitrogen and oxygen atoms in total. The summed E-state index contributed by atoms with van der Waals surface area (Å²) in [4.78, 5) is 25.5. The Morgan fingerprint density at radius 3 is 2.17 bits per heavy atom. The third-order valence-corrected chi connectivity index (χ3v) is 13.8. The van der Waals surface area contributed by atoms with Crippen LogP contribution >= 0.6 is 0 Å². The Kier molecular flexibility index (Phi) is 5.76. The molecule has 0 aliphatic heterocycles. The fourth-order valence-electron chi connectivity index (χ4n) is 12.0. The zero-order chi connectivity index (χ0) is 25.8. The molecule has 5 aliphatic rings. The molecule has 10 atom stereocenters. The molecule has 0 amide bonds. The minimum atomic E-state index is -0.577. The maximum absolute atomic E-state index is 13.5. The molecule has 0 heterocycles. The van der Waals surface area contributed by atoms with E-state index in [1.54, 1.807) is 0 Å². The smallest absolute Gasteiger partial charge is 0.303 e. The number of ketones is 1. The Labute approximate surface area is 214 Å².